The van der Waals surface area contributed by atoms with E-state index in [1.54, 1.807) is 7.11 Å². The number of ether oxygens (including phenoxy) is 1. The topological polar surface area (TPSA) is 45.6 Å². The summed E-state index contributed by atoms with van der Waals surface area (Å²) < 4.78 is 6.90. The van der Waals surface area contributed by atoms with Gasteiger partial charge in [0.25, 0.3) is 0 Å². The summed E-state index contributed by atoms with van der Waals surface area (Å²) in [7, 11) is 3.67. The summed E-state index contributed by atoms with van der Waals surface area (Å²) in [5.41, 5.74) is 2.43. The largest absolute Gasteiger partial charge is 0.383 e. The van der Waals surface area contributed by atoms with Crippen LogP contribution < -0.4 is 5.32 Å². The summed E-state index contributed by atoms with van der Waals surface area (Å²) in [6.07, 6.45) is 2.11. The molecular weight excluding hydrogens is 286 g/mol. The van der Waals surface area contributed by atoms with Gasteiger partial charge in [-0.15, -0.1) is 0 Å². The highest BCUT2D eigenvalue weighted by molar-refractivity contribution is 7.80. The molecule has 1 N–H and O–H groups in total. The first-order valence-electron chi connectivity index (χ1n) is 7.33. The van der Waals surface area contributed by atoms with Crippen LogP contribution >= 0.6 is 12.2 Å². The molecule has 1 fully saturated rings. The Labute approximate surface area is 132 Å². The van der Waals surface area contributed by atoms with Crippen LogP contribution in [0.1, 0.15) is 11.3 Å². The molecule has 118 valence electrons. The third kappa shape index (κ3) is 4.66. The number of aryl methyl sites for hydroxylation is 2. The van der Waals surface area contributed by atoms with Crippen LogP contribution in [0.2, 0.25) is 0 Å². The van der Waals surface area contributed by atoms with Crippen molar-refractivity contribution in [3.63, 3.8) is 0 Å². The van der Waals surface area contributed by atoms with Crippen LogP contribution in [-0.2, 0) is 18.3 Å². The van der Waals surface area contributed by atoms with Crippen LogP contribution in [-0.4, -0.2) is 71.1 Å². The Morgan fingerprint density at radius 1 is 1.38 bits per heavy atom. The van der Waals surface area contributed by atoms with Gasteiger partial charge >= 0.3 is 0 Å². The molecule has 1 aliphatic heterocycles. The van der Waals surface area contributed by atoms with E-state index in [4.69, 9.17) is 17.0 Å². The molecule has 0 radical (unpaired) electrons. The molecular formula is C14H25N5OS. The normalized spacial score (nSPS) is 16.2. The average Bonchev–Trinajstić information content (AvgIpc) is 2.78. The number of piperazine rings is 1. The lowest BCUT2D eigenvalue weighted by Crippen LogP contribution is -2.51. The van der Waals surface area contributed by atoms with Crippen LogP contribution in [0, 0.1) is 6.92 Å². The van der Waals surface area contributed by atoms with Crippen LogP contribution in [0.4, 0.5) is 0 Å². The van der Waals surface area contributed by atoms with Crippen LogP contribution in [0.5, 0.6) is 0 Å². The van der Waals surface area contributed by atoms with Gasteiger partial charge in [-0.2, -0.15) is 5.10 Å². The highest BCUT2D eigenvalue weighted by Crippen LogP contribution is 2.11. The van der Waals surface area contributed by atoms with Gasteiger partial charge in [0.2, 0.25) is 0 Å². The van der Waals surface area contributed by atoms with Gasteiger partial charge in [-0.25, -0.2) is 0 Å². The van der Waals surface area contributed by atoms with E-state index >= 15 is 0 Å². The Balaban J connectivity index is 1.75. The van der Waals surface area contributed by atoms with Gasteiger partial charge < -0.3 is 15.0 Å². The van der Waals surface area contributed by atoms with Crippen molar-refractivity contribution < 1.29 is 4.74 Å². The van der Waals surface area contributed by atoms with Crippen LogP contribution in [0.25, 0.3) is 0 Å². The van der Waals surface area contributed by atoms with Gasteiger partial charge in [-0.1, -0.05) is 0 Å². The van der Waals surface area contributed by atoms with E-state index in [0.29, 0.717) is 6.61 Å². The maximum atomic E-state index is 5.41. The van der Waals surface area contributed by atoms with Gasteiger partial charge in [-0.05, 0) is 19.1 Å². The van der Waals surface area contributed by atoms with Crippen molar-refractivity contribution in [1.29, 1.82) is 0 Å². The smallest absolute Gasteiger partial charge is 0.169 e. The van der Waals surface area contributed by atoms with Gasteiger partial charge in [0.05, 0.1) is 12.3 Å². The number of hydrogen-bond donors (Lipinski definition) is 1. The molecule has 0 unspecified atom stereocenters. The van der Waals surface area contributed by atoms with E-state index in [9.17, 15) is 0 Å². The first kappa shape index (κ1) is 16.2. The quantitative estimate of drug-likeness (QED) is 0.626. The summed E-state index contributed by atoms with van der Waals surface area (Å²) in [5.74, 6) is 0. The second-order valence-electron chi connectivity index (χ2n) is 5.40. The van der Waals surface area contributed by atoms with E-state index in [1.165, 1.54) is 5.56 Å². The molecule has 0 spiro atoms. The molecule has 21 heavy (non-hydrogen) atoms. The van der Waals surface area contributed by atoms with Crippen molar-refractivity contribution in [3.8, 4) is 0 Å². The summed E-state index contributed by atoms with van der Waals surface area (Å²) in [6, 6.07) is 0. The third-order valence-corrected chi connectivity index (χ3v) is 4.15. The zero-order valence-electron chi connectivity index (χ0n) is 13.1. The number of methoxy groups -OCH3 is 1. The lowest BCUT2D eigenvalue weighted by Gasteiger charge is -2.36. The molecule has 1 aromatic rings. The number of nitrogens with one attached hydrogen (secondary N) is 1. The van der Waals surface area contributed by atoms with Gasteiger partial charge in [0, 0.05) is 65.2 Å². The molecule has 2 heterocycles. The number of thiocarbonyl (C=S) groups is 1. The molecule has 0 aromatic carbocycles. The molecule has 0 aliphatic carbocycles. The Kier molecular flexibility index (Phi) is 5.96. The first-order chi connectivity index (χ1) is 10.1. The Morgan fingerprint density at radius 3 is 2.67 bits per heavy atom. The van der Waals surface area contributed by atoms with Crippen molar-refractivity contribution in [3.05, 3.63) is 17.5 Å². The molecule has 0 atom stereocenters. The lowest BCUT2D eigenvalue weighted by molar-refractivity contribution is 0.172. The van der Waals surface area contributed by atoms with Crippen LogP contribution in [0.15, 0.2) is 6.20 Å². The predicted octanol–water partition coefficient (Wildman–Crippen LogP) is 0.367. The van der Waals surface area contributed by atoms with E-state index in [0.717, 1.165) is 50.1 Å². The van der Waals surface area contributed by atoms with Crippen LogP contribution in [0.3, 0.4) is 0 Å². The van der Waals surface area contributed by atoms with Crippen molar-refractivity contribution in [2.24, 2.45) is 7.05 Å². The maximum absolute atomic E-state index is 5.41. The molecule has 1 saturated heterocycles. The summed E-state index contributed by atoms with van der Waals surface area (Å²) in [5, 5.41) is 8.47. The minimum atomic E-state index is 0.681. The number of rotatable bonds is 5. The first-order valence-corrected chi connectivity index (χ1v) is 7.74. The van der Waals surface area contributed by atoms with Crippen molar-refractivity contribution in [2.75, 3.05) is 46.4 Å². The van der Waals surface area contributed by atoms with Gasteiger partial charge in [0.15, 0.2) is 5.11 Å². The Morgan fingerprint density at radius 2 is 2.10 bits per heavy atom. The third-order valence-electron chi connectivity index (χ3n) is 3.75. The number of nitrogens with zero attached hydrogens (tertiary/aromatic N) is 4. The highest BCUT2D eigenvalue weighted by atomic mass is 32.1. The Bertz CT molecular complexity index is 468. The second kappa shape index (κ2) is 7.72. The molecule has 6 nitrogen and oxygen atoms in total. The molecule has 7 heteroatoms. The van der Waals surface area contributed by atoms with Crippen molar-refractivity contribution in [1.82, 2.24) is 24.9 Å². The fourth-order valence-electron chi connectivity index (χ4n) is 2.53. The second-order valence-corrected chi connectivity index (χ2v) is 5.79. The average molecular weight is 311 g/mol. The molecule has 0 saturated carbocycles. The molecule has 0 bridgehead atoms. The monoisotopic (exact) mass is 311 g/mol. The fraction of sp³-hybridized carbons (Fsp3) is 0.714. The van der Waals surface area contributed by atoms with E-state index in [1.807, 2.05) is 11.7 Å². The molecule has 1 aromatic heterocycles. The summed E-state index contributed by atoms with van der Waals surface area (Å²) in [6.45, 7) is 8.49. The van der Waals surface area contributed by atoms with Gasteiger partial charge in [0.1, 0.15) is 0 Å². The molecule has 0 amide bonds. The summed E-state index contributed by atoms with van der Waals surface area (Å²) >= 11 is 5.41. The minimum Gasteiger partial charge on any atom is -0.383 e. The highest BCUT2D eigenvalue weighted by Gasteiger charge is 2.19. The van der Waals surface area contributed by atoms with Crippen molar-refractivity contribution in [2.45, 2.75) is 13.5 Å². The van der Waals surface area contributed by atoms with Gasteiger partial charge in [-0.3, -0.25) is 9.58 Å². The zero-order chi connectivity index (χ0) is 15.2. The maximum Gasteiger partial charge on any atom is 0.169 e. The zero-order valence-corrected chi connectivity index (χ0v) is 13.9. The van der Waals surface area contributed by atoms with E-state index in [-0.39, 0.29) is 0 Å². The molecule has 2 rings (SSSR count). The lowest BCUT2D eigenvalue weighted by atomic mass is 10.2. The number of hydrogen-bond acceptors (Lipinski definition) is 4. The molecule has 1 aliphatic rings. The van der Waals surface area contributed by atoms with Crippen molar-refractivity contribution >= 4 is 17.3 Å². The SMILES string of the molecule is COCCNC(=S)N1CCN(Cc2cn(C)nc2C)CC1. The summed E-state index contributed by atoms with van der Waals surface area (Å²) in [4.78, 5) is 4.69. The fourth-order valence-corrected chi connectivity index (χ4v) is 2.81. The number of aromatic nitrogens is 2. The predicted molar refractivity (Wildman–Crippen MR) is 87.3 cm³/mol. The Hall–Kier alpha value is -1.18. The minimum absolute atomic E-state index is 0.681. The standard InChI is InChI=1S/C14H25N5OS/c1-12-13(10-17(2)16-12)11-18-5-7-19(8-6-18)14(21)15-4-9-20-3/h10H,4-9,11H2,1-3H3,(H,15,21). The van der Waals surface area contributed by atoms with E-state index < -0.39 is 0 Å². The van der Waals surface area contributed by atoms with E-state index in [2.05, 4.69) is 33.3 Å².